The number of amides is 3. The van der Waals surface area contributed by atoms with Crippen LogP contribution < -0.4 is 16.0 Å². The molecule has 25 heavy (non-hydrogen) atoms. The maximum atomic E-state index is 13.3. The molecule has 2 aromatic rings. The van der Waals surface area contributed by atoms with Crippen molar-refractivity contribution in [2.75, 3.05) is 10.6 Å². The van der Waals surface area contributed by atoms with Crippen LogP contribution >= 0.6 is 0 Å². The number of carbonyl (C=O) groups is 2. The fourth-order valence-corrected chi connectivity index (χ4v) is 2.25. The number of hydrogen-bond acceptors (Lipinski definition) is 2. The number of urea groups is 1. The smallest absolute Gasteiger partial charge is 0.319 e. The Hall–Kier alpha value is -2.89. The van der Waals surface area contributed by atoms with Gasteiger partial charge in [-0.1, -0.05) is 25.1 Å². The van der Waals surface area contributed by atoms with Gasteiger partial charge in [-0.3, -0.25) is 4.79 Å². The lowest BCUT2D eigenvalue weighted by Gasteiger charge is -2.12. The Morgan fingerprint density at radius 1 is 1.00 bits per heavy atom. The minimum Gasteiger partial charge on any atom is -0.334 e. The van der Waals surface area contributed by atoms with Gasteiger partial charge in [0, 0.05) is 24.3 Å². The first kappa shape index (κ1) is 18.4. The molecule has 0 atom stereocenters. The van der Waals surface area contributed by atoms with Crippen LogP contribution in [0.3, 0.4) is 0 Å². The quantitative estimate of drug-likeness (QED) is 0.764. The summed E-state index contributed by atoms with van der Waals surface area (Å²) in [5.74, 6) is -0.360. The predicted molar refractivity (Wildman–Crippen MR) is 97.1 cm³/mol. The van der Waals surface area contributed by atoms with Crippen LogP contribution in [-0.2, 0) is 11.3 Å². The average Bonchev–Trinajstić information content (AvgIpc) is 2.58. The fraction of sp³-hybridized carbons (Fsp3) is 0.263. The van der Waals surface area contributed by atoms with Gasteiger partial charge in [0.15, 0.2) is 0 Å². The molecule has 2 aromatic carbocycles. The van der Waals surface area contributed by atoms with Crippen molar-refractivity contribution < 1.29 is 14.0 Å². The molecule has 132 valence electrons. The minimum atomic E-state index is -0.371. The van der Waals surface area contributed by atoms with Crippen LogP contribution in [0.2, 0.25) is 0 Å². The van der Waals surface area contributed by atoms with Gasteiger partial charge in [0.1, 0.15) is 5.82 Å². The summed E-state index contributed by atoms with van der Waals surface area (Å²) in [6.07, 6.45) is 0.383. The summed E-state index contributed by atoms with van der Waals surface area (Å²) < 4.78 is 13.3. The van der Waals surface area contributed by atoms with Crippen LogP contribution in [0.4, 0.5) is 20.6 Å². The molecule has 0 saturated carbocycles. The second kappa shape index (κ2) is 8.28. The van der Waals surface area contributed by atoms with Crippen LogP contribution in [0.1, 0.15) is 30.0 Å². The molecule has 0 aliphatic carbocycles. The Bertz CT molecular complexity index is 790. The molecule has 0 fully saturated rings. The number of carbonyl (C=O) groups excluding carboxylic acids is 2. The molecule has 0 aliphatic rings. The van der Waals surface area contributed by atoms with E-state index < -0.39 is 0 Å². The highest BCUT2D eigenvalue weighted by molar-refractivity contribution is 5.94. The molecular weight excluding hydrogens is 321 g/mol. The lowest BCUT2D eigenvalue weighted by Crippen LogP contribution is -2.28. The van der Waals surface area contributed by atoms with Crippen molar-refractivity contribution in [3.8, 4) is 0 Å². The Morgan fingerprint density at radius 2 is 1.76 bits per heavy atom. The van der Waals surface area contributed by atoms with Crippen molar-refractivity contribution in [2.45, 2.75) is 33.7 Å². The van der Waals surface area contributed by atoms with Crippen LogP contribution in [0.25, 0.3) is 0 Å². The van der Waals surface area contributed by atoms with E-state index in [1.165, 1.54) is 6.07 Å². The molecule has 0 spiro atoms. The van der Waals surface area contributed by atoms with Gasteiger partial charge >= 0.3 is 6.03 Å². The van der Waals surface area contributed by atoms with Crippen molar-refractivity contribution in [1.82, 2.24) is 5.32 Å². The number of hydrogen-bond donors (Lipinski definition) is 3. The van der Waals surface area contributed by atoms with E-state index in [-0.39, 0.29) is 24.3 Å². The fourth-order valence-electron chi connectivity index (χ4n) is 2.25. The number of halogens is 1. The summed E-state index contributed by atoms with van der Waals surface area (Å²) in [6, 6.07) is 9.66. The second-order valence-electron chi connectivity index (χ2n) is 5.82. The lowest BCUT2D eigenvalue weighted by molar-refractivity contribution is -0.115. The third kappa shape index (κ3) is 5.31. The second-order valence-corrected chi connectivity index (χ2v) is 5.82. The van der Waals surface area contributed by atoms with E-state index in [2.05, 4.69) is 16.0 Å². The third-order valence-corrected chi connectivity index (χ3v) is 3.77. The molecule has 6 heteroatoms. The maximum Gasteiger partial charge on any atom is 0.319 e. The first-order valence-electron chi connectivity index (χ1n) is 8.09. The zero-order valence-electron chi connectivity index (χ0n) is 14.6. The van der Waals surface area contributed by atoms with Crippen molar-refractivity contribution in [3.05, 3.63) is 58.9 Å². The van der Waals surface area contributed by atoms with Gasteiger partial charge in [0.25, 0.3) is 0 Å². The van der Waals surface area contributed by atoms with E-state index in [0.29, 0.717) is 23.4 Å². The third-order valence-electron chi connectivity index (χ3n) is 3.77. The first-order chi connectivity index (χ1) is 11.9. The van der Waals surface area contributed by atoms with Crippen LogP contribution in [0, 0.1) is 19.7 Å². The zero-order valence-corrected chi connectivity index (χ0v) is 14.6. The van der Waals surface area contributed by atoms with Gasteiger partial charge in [-0.2, -0.15) is 0 Å². The molecule has 0 saturated heterocycles. The Morgan fingerprint density at radius 3 is 2.44 bits per heavy atom. The van der Waals surface area contributed by atoms with E-state index in [1.54, 1.807) is 38.1 Å². The van der Waals surface area contributed by atoms with Gasteiger partial charge in [-0.25, -0.2) is 9.18 Å². The monoisotopic (exact) mass is 343 g/mol. The van der Waals surface area contributed by atoms with E-state index in [0.717, 1.165) is 11.1 Å². The summed E-state index contributed by atoms with van der Waals surface area (Å²) in [4.78, 5) is 23.6. The molecule has 0 aliphatic heterocycles. The normalized spacial score (nSPS) is 10.2. The van der Waals surface area contributed by atoms with Crippen LogP contribution in [-0.4, -0.2) is 11.9 Å². The molecule has 5 nitrogen and oxygen atoms in total. The van der Waals surface area contributed by atoms with E-state index >= 15 is 0 Å². The molecule has 0 radical (unpaired) electrons. The van der Waals surface area contributed by atoms with Gasteiger partial charge in [-0.05, 0) is 48.7 Å². The maximum absolute atomic E-state index is 13.3. The number of rotatable bonds is 5. The van der Waals surface area contributed by atoms with Crippen molar-refractivity contribution >= 4 is 23.3 Å². The molecule has 0 bridgehead atoms. The number of aryl methyl sites for hydroxylation is 2. The van der Waals surface area contributed by atoms with Gasteiger partial charge in [0.2, 0.25) is 5.91 Å². The molecular formula is C19H22FN3O2. The Kier molecular flexibility index (Phi) is 6.11. The molecule has 0 heterocycles. The molecule has 0 unspecified atom stereocenters. The van der Waals surface area contributed by atoms with Crippen LogP contribution in [0.15, 0.2) is 36.4 Å². The number of nitrogens with one attached hydrogen (secondary N) is 3. The van der Waals surface area contributed by atoms with Gasteiger partial charge in [0.05, 0.1) is 0 Å². The van der Waals surface area contributed by atoms with E-state index in [9.17, 15) is 14.0 Å². The zero-order chi connectivity index (χ0) is 18.4. The summed E-state index contributed by atoms with van der Waals surface area (Å²) >= 11 is 0. The summed E-state index contributed by atoms with van der Waals surface area (Å²) in [5.41, 5.74) is 3.47. The average molecular weight is 343 g/mol. The SMILES string of the molecule is CCC(=O)Nc1ccc(C)c(NC(=O)NCc2ccc(F)c(C)c2)c1. The minimum absolute atomic E-state index is 0.0917. The highest BCUT2D eigenvalue weighted by atomic mass is 19.1. The summed E-state index contributed by atoms with van der Waals surface area (Å²) in [7, 11) is 0. The van der Waals surface area contributed by atoms with Gasteiger partial charge in [-0.15, -0.1) is 0 Å². The van der Waals surface area contributed by atoms with E-state index in [1.807, 2.05) is 13.0 Å². The lowest BCUT2D eigenvalue weighted by atomic mass is 10.1. The molecule has 2 rings (SSSR count). The predicted octanol–water partition coefficient (Wildman–Crippen LogP) is 4.11. The topological polar surface area (TPSA) is 70.2 Å². The van der Waals surface area contributed by atoms with E-state index in [4.69, 9.17) is 0 Å². The number of anilines is 2. The van der Waals surface area contributed by atoms with Crippen molar-refractivity contribution in [1.29, 1.82) is 0 Å². The Labute approximate surface area is 146 Å². The Balaban J connectivity index is 1.98. The molecule has 3 amide bonds. The standard InChI is InChI=1S/C19H22FN3O2/c1-4-18(24)22-15-7-5-12(2)17(10-15)23-19(25)21-11-14-6-8-16(20)13(3)9-14/h5-10H,4,11H2,1-3H3,(H,22,24)(H2,21,23,25). The van der Waals surface area contributed by atoms with Crippen molar-refractivity contribution in [3.63, 3.8) is 0 Å². The molecule has 3 N–H and O–H groups in total. The molecule has 0 aromatic heterocycles. The highest BCUT2D eigenvalue weighted by Gasteiger charge is 2.07. The summed E-state index contributed by atoms with van der Waals surface area (Å²) in [6.45, 7) is 5.61. The summed E-state index contributed by atoms with van der Waals surface area (Å²) in [5, 5.41) is 8.25. The number of benzene rings is 2. The highest BCUT2D eigenvalue weighted by Crippen LogP contribution is 2.20. The van der Waals surface area contributed by atoms with Crippen molar-refractivity contribution in [2.24, 2.45) is 0 Å². The van der Waals surface area contributed by atoms with Gasteiger partial charge < -0.3 is 16.0 Å². The van der Waals surface area contributed by atoms with Crippen LogP contribution in [0.5, 0.6) is 0 Å². The first-order valence-corrected chi connectivity index (χ1v) is 8.09. The largest absolute Gasteiger partial charge is 0.334 e.